The lowest BCUT2D eigenvalue weighted by atomic mass is 10.2. The molecular weight excluding hydrogens is 282 g/mol. The van der Waals surface area contributed by atoms with Crippen LogP contribution in [0.1, 0.15) is 12.5 Å². The molecule has 1 aromatic rings. The molecule has 0 aliphatic heterocycles. The van der Waals surface area contributed by atoms with Gasteiger partial charge in [-0.25, -0.2) is 0 Å². The Labute approximate surface area is 111 Å². The van der Waals surface area contributed by atoms with E-state index < -0.39 is 0 Å². The first-order valence-corrected chi connectivity index (χ1v) is 6.21. The highest BCUT2D eigenvalue weighted by atomic mass is 79.9. The second kappa shape index (κ2) is 6.67. The van der Waals surface area contributed by atoms with Crippen molar-refractivity contribution >= 4 is 15.9 Å². The van der Waals surface area contributed by atoms with Gasteiger partial charge < -0.3 is 14.8 Å². The number of rotatable bonds is 6. The van der Waals surface area contributed by atoms with Crippen LogP contribution in [-0.4, -0.2) is 20.3 Å². The molecule has 1 unspecified atom stereocenters. The van der Waals surface area contributed by atoms with E-state index in [1.807, 2.05) is 26.1 Å². The summed E-state index contributed by atoms with van der Waals surface area (Å²) in [6, 6.07) is 3.98. The molecule has 1 atom stereocenters. The van der Waals surface area contributed by atoms with Gasteiger partial charge in [-0.15, -0.1) is 0 Å². The molecule has 0 aliphatic rings. The van der Waals surface area contributed by atoms with Crippen LogP contribution in [0.15, 0.2) is 29.3 Å². The van der Waals surface area contributed by atoms with Gasteiger partial charge in [0.05, 0.1) is 11.6 Å². The van der Waals surface area contributed by atoms with Crippen molar-refractivity contribution < 1.29 is 9.47 Å². The molecule has 3 nitrogen and oxygen atoms in total. The summed E-state index contributed by atoms with van der Waals surface area (Å²) in [5.74, 6) is 1.43. The van der Waals surface area contributed by atoms with Crippen LogP contribution >= 0.6 is 15.9 Å². The summed E-state index contributed by atoms with van der Waals surface area (Å²) in [4.78, 5) is 0. The smallest absolute Gasteiger partial charge is 0.176 e. The van der Waals surface area contributed by atoms with Gasteiger partial charge in [0.25, 0.3) is 0 Å². The maximum Gasteiger partial charge on any atom is 0.176 e. The Morgan fingerprint density at radius 3 is 2.76 bits per heavy atom. The molecule has 0 bridgehead atoms. The van der Waals surface area contributed by atoms with Crippen molar-refractivity contribution in [2.45, 2.75) is 19.6 Å². The van der Waals surface area contributed by atoms with Gasteiger partial charge in [-0.1, -0.05) is 12.7 Å². The zero-order valence-electron chi connectivity index (χ0n) is 10.4. The Morgan fingerprint density at radius 1 is 1.53 bits per heavy atom. The van der Waals surface area contributed by atoms with Gasteiger partial charge in [0, 0.05) is 6.54 Å². The van der Waals surface area contributed by atoms with Crippen molar-refractivity contribution in [3.63, 3.8) is 0 Å². The summed E-state index contributed by atoms with van der Waals surface area (Å²) in [5.41, 5.74) is 1.13. The van der Waals surface area contributed by atoms with Gasteiger partial charge in [-0.2, -0.15) is 0 Å². The van der Waals surface area contributed by atoms with Crippen LogP contribution in [0.3, 0.4) is 0 Å². The number of benzene rings is 1. The van der Waals surface area contributed by atoms with Gasteiger partial charge >= 0.3 is 0 Å². The molecule has 17 heavy (non-hydrogen) atoms. The predicted octanol–water partition coefficient (Wildman–Crippen LogP) is 3.13. The summed E-state index contributed by atoms with van der Waals surface area (Å²) in [6.45, 7) is 6.41. The molecule has 94 valence electrons. The second-order valence-corrected chi connectivity index (χ2v) is 4.55. The fourth-order valence-electron chi connectivity index (χ4n) is 1.43. The molecule has 0 radical (unpaired) electrons. The van der Waals surface area contributed by atoms with Crippen LogP contribution in [-0.2, 0) is 6.54 Å². The quantitative estimate of drug-likeness (QED) is 0.819. The largest absolute Gasteiger partial charge is 0.493 e. The highest BCUT2D eigenvalue weighted by Crippen LogP contribution is 2.37. The Kier molecular flexibility index (Phi) is 5.51. The average Bonchev–Trinajstić information content (AvgIpc) is 2.32. The van der Waals surface area contributed by atoms with Crippen LogP contribution in [0.25, 0.3) is 0 Å². The minimum absolute atomic E-state index is 0.0599. The van der Waals surface area contributed by atoms with Crippen LogP contribution in [0.2, 0.25) is 0 Å². The second-order valence-electron chi connectivity index (χ2n) is 3.70. The number of methoxy groups -OCH3 is 1. The maximum atomic E-state index is 5.74. The number of ether oxygens (including phenoxy) is 2. The van der Waals surface area contributed by atoms with Crippen molar-refractivity contribution in [3.05, 3.63) is 34.8 Å². The highest BCUT2D eigenvalue weighted by Gasteiger charge is 2.13. The maximum absolute atomic E-state index is 5.74. The SMILES string of the molecule is C=CC(C)Oc1c(Br)cc(CNC)cc1OC. The predicted molar refractivity (Wildman–Crippen MR) is 73.7 cm³/mol. The monoisotopic (exact) mass is 299 g/mol. The van der Waals surface area contributed by atoms with Crippen LogP contribution in [0.4, 0.5) is 0 Å². The normalized spacial score (nSPS) is 12.0. The van der Waals surface area contributed by atoms with Crippen LogP contribution < -0.4 is 14.8 Å². The highest BCUT2D eigenvalue weighted by molar-refractivity contribution is 9.10. The third-order valence-corrected chi connectivity index (χ3v) is 2.89. The van der Waals surface area contributed by atoms with E-state index in [2.05, 4.69) is 27.8 Å². The molecule has 0 saturated heterocycles. The Hall–Kier alpha value is -1.00. The summed E-state index contributed by atoms with van der Waals surface area (Å²) in [6.07, 6.45) is 1.68. The van der Waals surface area contributed by atoms with Crippen molar-refractivity contribution in [2.24, 2.45) is 0 Å². The minimum Gasteiger partial charge on any atom is -0.493 e. The number of hydrogen-bond donors (Lipinski definition) is 1. The van der Waals surface area contributed by atoms with Gasteiger partial charge in [-0.05, 0) is 47.6 Å². The zero-order valence-corrected chi connectivity index (χ0v) is 12.0. The number of halogens is 1. The molecule has 0 fully saturated rings. The van der Waals surface area contributed by atoms with Gasteiger partial charge in [0.15, 0.2) is 11.5 Å². The Bertz CT molecular complexity index is 393. The average molecular weight is 300 g/mol. The summed E-state index contributed by atoms with van der Waals surface area (Å²) < 4.78 is 12.0. The molecule has 1 N–H and O–H groups in total. The lowest BCUT2D eigenvalue weighted by Crippen LogP contribution is -2.10. The van der Waals surface area contributed by atoms with E-state index in [1.165, 1.54) is 0 Å². The molecule has 0 spiro atoms. The number of nitrogens with one attached hydrogen (secondary N) is 1. The van der Waals surface area contributed by atoms with E-state index in [9.17, 15) is 0 Å². The first kappa shape index (κ1) is 14.1. The van der Waals surface area contributed by atoms with E-state index >= 15 is 0 Å². The van der Waals surface area contributed by atoms with Crippen molar-refractivity contribution in [1.82, 2.24) is 5.32 Å². The minimum atomic E-state index is -0.0599. The van der Waals surface area contributed by atoms with Crippen LogP contribution in [0.5, 0.6) is 11.5 Å². The number of hydrogen-bond acceptors (Lipinski definition) is 3. The molecular formula is C13H18BrNO2. The fraction of sp³-hybridized carbons (Fsp3) is 0.385. The first-order valence-electron chi connectivity index (χ1n) is 5.42. The summed E-state index contributed by atoms with van der Waals surface area (Å²) >= 11 is 3.50. The molecule has 4 heteroatoms. The zero-order chi connectivity index (χ0) is 12.8. The molecule has 0 amide bonds. The van der Waals surface area contributed by atoms with E-state index in [4.69, 9.17) is 9.47 Å². The van der Waals surface area contributed by atoms with Crippen molar-refractivity contribution in [1.29, 1.82) is 0 Å². The molecule has 1 aromatic carbocycles. The summed E-state index contributed by atoms with van der Waals surface area (Å²) in [7, 11) is 3.54. The topological polar surface area (TPSA) is 30.5 Å². The molecule has 0 aliphatic carbocycles. The van der Waals surface area contributed by atoms with E-state index in [0.29, 0.717) is 5.75 Å². The lowest BCUT2D eigenvalue weighted by Gasteiger charge is -2.16. The van der Waals surface area contributed by atoms with E-state index in [0.717, 1.165) is 22.3 Å². The third-order valence-electron chi connectivity index (χ3n) is 2.31. The van der Waals surface area contributed by atoms with E-state index in [1.54, 1.807) is 13.2 Å². The van der Waals surface area contributed by atoms with E-state index in [-0.39, 0.29) is 6.10 Å². The first-order chi connectivity index (χ1) is 8.12. The van der Waals surface area contributed by atoms with Gasteiger partial charge in [0.2, 0.25) is 0 Å². The Morgan fingerprint density at radius 2 is 2.24 bits per heavy atom. The molecule has 0 heterocycles. The lowest BCUT2D eigenvalue weighted by molar-refractivity contribution is 0.252. The summed E-state index contributed by atoms with van der Waals surface area (Å²) in [5, 5.41) is 3.10. The fourth-order valence-corrected chi connectivity index (χ4v) is 2.01. The Balaban J connectivity index is 3.07. The van der Waals surface area contributed by atoms with Crippen molar-refractivity contribution in [2.75, 3.05) is 14.2 Å². The molecule has 0 saturated carbocycles. The van der Waals surface area contributed by atoms with Gasteiger partial charge in [0.1, 0.15) is 6.10 Å². The van der Waals surface area contributed by atoms with Gasteiger partial charge in [-0.3, -0.25) is 0 Å². The third kappa shape index (κ3) is 3.75. The molecule has 0 aromatic heterocycles. The standard InChI is InChI=1S/C13H18BrNO2/c1-5-9(2)17-13-11(14)6-10(8-15-3)7-12(13)16-4/h5-7,9,15H,1,8H2,2-4H3. The van der Waals surface area contributed by atoms with Crippen LogP contribution in [0, 0.1) is 0 Å². The molecule has 1 rings (SSSR count). The van der Waals surface area contributed by atoms with Crippen molar-refractivity contribution in [3.8, 4) is 11.5 Å².